The Balaban J connectivity index is 1.43. The van der Waals surface area contributed by atoms with Gasteiger partial charge in [-0.2, -0.15) is 0 Å². The Morgan fingerprint density at radius 3 is 2.60 bits per heavy atom. The maximum absolute atomic E-state index is 12.5. The second-order valence-electron chi connectivity index (χ2n) is 7.34. The van der Waals surface area contributed by atoms with Crippen molar-refractivity contribution in [2.24, 2.45) is 0 Å². The third-order valence-corrected chi connectivity index (χ3v) is 5.56. The van der Waals surface area contributed by atoms with E-state index in [4.69, 9.17) is 11.6 Å². The molecule has 6 nitrogen and oxygen atoms in total. The van der Waals surface area contributed by atoms with Crippen molar-refractivity contribution >= 4 is 29.0 Å². The third-order valence-electron chi connectivity index (χ3n) is 5.31. The van der Waals surface area contributed by atoms with Gasteiger partial charge in [0.2, 0.25) is 0 Å². The number of nitrogens with zero attached hydrogens (tertiary/aromatic N) is 3. The lowest BCUT2D eigenvalue weighted by atomic mass is 10.0. The summed E-state index contributed by atoms with van der Waals surface area (Å²) in [6, 6.07) is 19.0. The highest BCUT2D eigenvalue weighted by molar-refractivity contribution is 6.30. The number of carbonyl (C=O) groups excluding carboxylic acids is 1. The van der Waals surface area contributed by atoms with Gasteiger partial charge in [0.25, 0.3) is 5.91 Å². The number of halogens is 1. The van der Waals surface area contributed by atoms with Crippen LogP contribution < -0.4 is 15.5 Å². The van der Waals surface area contributed by atoms with Crippen LogP contribution in [0.25, 0.3) is 11.3 Å². The van der Waals surface area contributed by atoms with Crippen LogP contribution in [0.1, 0.15) is 23.2 Å². The maximum atomic E-state index is 12.5. The van der Waals surface area contributed by atoms with Crippen LogP contribution >= 0.6 is 11.6 Å². The molecule has 0 aliphatic carbocycles. The number of carbonyl (C=O) groups is 1. The summed E-state index contributed by atoms with van der Waals surface area (Å²) < 4.78 is 0. The second-order valence-corrected chi connectivity index (χ2v) is 7.77. The van der Waals surface area contributed by atoms with Crippen molar-refractivity contribution in [2.75, 3.05) is 30.4 Å². The molecule has 1 aliphatic rings. The Morgan fingerprint density at radius 2 is 1.87 bits per heavy atom. The standard InChI is InChI=1S/C23H24ClN5O/c1-25-20-7-3-2-6-19(20)21-12-13-22(28-27-21)29-14-4-5-18(15-29)26-23(30)16-8-10-17(24)11-9-16/h2-3,6-13,18,25H,4-5,14-15H2,1H3,(H,26,30). The molecule has 0 bridgehead atoms. The van der Waals surface area contributed by atoms with E-state index in [0.29, 0.717) is 17.1 Å². The molecule has 7 heteroatoms. The molecule has 0 spiro atoms. The second kappa shape index (κ2) is 9.13. The number of amides is 1. The van der Waals surface area contributed by atoms with Gasteiger partial charge < -0.3 is 15.5 Å². The van der Waals surface area contributed by atoms with Gasteiger partial charge in [0.05, 0.1) is 5.69 Å². The first kappa shape index (κ1) is 20.2. The minimum absolute atomic E-state index is 0.0634. The Morgan fingerprint density at radius 1 is 1.07 bits per heavy atom. The highest BCUT2D eigenvalue weighted by atomic mass is 35.5. The quantitative estimate of drug-likeness (QED) is 0.644. The molecule has 0 saturated carbocycles. The Bertz CT molecular complexity index is 1010. The highest BCUT2D eigenvalue weighted by Crippen LogP contribution is 2.27. The van der Waals surface area contributed by atoms with Crippen LogP contribution in [0, 0.1) is 0 Å². The van der Waals surface area contributed by atoms with Crippen molar-refractivity contribution in [1.29, 1.82) is 0 Å². The first-order chi connectivity index (χ1) is 14.6. The van der Waals surface area contributed by atoms with Crippen molar-refractivity contribution in [1.82, 2.24) is 15.5 Å². The van der Waals surface area contributed by atoms with E-state index in [1.54, 1.807) is 24.3 Å². The van der Waals surface area contributed by atoms with Crippen LogP contribution in [0.2, 0.25) is 5.02 Å². The number of hydrogen-bond acceptors (Lipinski definition) is 5. The van der Waals surface area contributed by atoms with Crippen molar-refractivity contribution in [3.05, 3.63) is 71.2 Å². The van der Waals surface area contributed by atoms with E-state index in [2.05, 4.69) is 25.7 Å². The van der Waals surface area contributed by atoms with Crippen LogP contribution in [0.4, 0.5) is 11.5 Å². The van der Waals surface area contributed by atoms with Gasteiger partial charge in [-0.15, -0.1) is 10.2 Å². The van der Waals surface area contributed by atoms with E-state index in [1.165, 1.54) is 0 Å². The van der Waals surface area contributed by atoms with Crippen LogP contribution in [-0.4, -0.2) is 42.3 Å². The highest BCUT2D eigenvalue weighted by Gasteiger charge is 2.23. The predicted octanol–water partition coefficient (Wildman–Crippen LogP) is 4.24. The molecule has 1 atom stereocenters. The molecular weight excluding hydrogens is 398 g/mol. The molecule has 4 rings (SSSR count). The summed E-state index contributed by atoms with van der Waals surface area (Å²) in [6.45, 7) is 1.61. The predicted molar refractivity (Wildman–Crippen MR) is 121 cm³/mol. The topological polar surface area (TPSA) is 70.2 Å². The lowest BCUT2D eigenvalue weighted by Crippen LogP contribution is -2.48. The molecule has 0 radical (unpaired) electrons. The molecular formula is C23H24ClN5O. The van der Waals surface area contributed by atoms with Gasteiger partial charge in [-0.3, -0.25) is 4.79 Å². The molecule has 154 valence electrons. The summed E-state index contributed by atoms with van der Waals surface area (Å²) in [7, 11) is 1.90. The molecule has 1 saturated heterocycles. The van der Waals surface area contributed by atoms with Crippen LogP contribution in [-0.2, 0) is 0 Å². The fourth-order valence-electron chi connectivity index (χ4n) is 3.74. The minimum atomic E-state index is -0.0800. The number of nitrogens with one attached hydrogen (secondary N) is 2. The number of rotatable bonds is 5. The maximum Gasteiger partial charge on any atom is 0.251 e. The zero-order valence-corrected chi connectivity index (χ0v) is 17.6. The minimum Gasteiger partial charge on any atom is -0.388 e. The number of anilines is 2. The first-order valence-corrected chi connectivity index (χ1v) is 10.4. The van der Waals surface area contributed by atoms with Crippen LogP contribution in [0.15, 0.2) is 60.7 Å². The smallest absolute Gasteiger partial charge is 0.251 e. The van der Waals surface area contributed by atoms with E-state index < -0.39 is 0 Å². The van der Waals surface area contributed by atoms with Gasteiger partial charge in [0.15, 0.2) is 5.82 Å². The van der Waals surface area contributed by atoms with Gasteiger partial charge in [-0.05, 0) is 55.3 Å². The molecule has 1 aromatic heterocycles. The van der Waals surface area contributed by atoms with Gasteiger partial charge >= 0.3 is 0 Å². The fraction of sp³-hybridized carbons (Fsp3) is 0.261. The van der Waals surface area contributed by atoms with Gasteiger partial charge in [0.1, 0.15) is 0 Å². The SMILES string of the molecule is CNc1ccccc1-c1ccc(N2CCCC(NC(=O)c3ccc(Cl)cc3)C2)nn1. The van der Waals surface area contributed by atoms with Crippen molar-refractivity contribution in [3.8, 4) is 11.3 Å². The number of para-hydroxylation sites is 1. The number of aromatic nitrogens is 2. The molecule has 30 heavy (non-hydrogen) atoms. The molecule has 1 aliphatic heterocycles. The van der Waals surface area contributed by atoms with E-state index in [-0.39, 0.29) is 11.9 Å². The average Bonchev–Trinajstić information content (AvgIpc) is 2.80. The fourth-order valence-corrected chi connectivity index (χ4v) is 3.86. The Kier molecular flexibility index (Phi) is 6.14. The molecule has 3 aromatic rings. The van der Waals surface area contributed by atoms with E-state index >= 15 is 0 Å². The normalized spacial score (nSPS) is 16.2. The average molecular weight is 422 g/mol. The molecule has 1 amide bonds. The van der Waals surface area contributed by atoms with E-state index in [0.717, 1.165) is 42.1 Å². The number of benzene rings is 2. The summed E-state index contributed by atoms with van der Waals surface area (Å²) in [5, 5.41) is 15.8. The molecule has 2 N–H and O–H groups in total. The van der Waals surface area contributed by atoms with E-state index in [1.807, 2.05) is 43.4 Å². The van der Waals surface area contributed by atoms with Crippen molar-refractivity contribution in [3.63, 3.8) is 0 Å². The van der Waals surface area contributed by atoms with Crippen molar-refractivity contribution in [2.45, 2.75) is 18.9 Å². The third kappa shape index (κ3) is 4.54. The zero-order valence-electron chi connectivity index (χ0n) is 16.8. The van der Waals surface area contributed by atoms with Gasteiger partial charge in [-0.1, -0.05) is 29.8 Å². The van der Waals surface area contributed by atoms with Crippen LogP contribution in [0.3, 0.4) is 0 Å². The molecule has 2 heterocycles. The van der Waals surface area contributed by atoms with Gasteiger partial charge in [-0.25, -0.2) is 0 Å². The summed E-state index contributed by atoms with van der Waals surface area (Å²) in [5.41, 5.74) is 3.48. The monoisotopic (exact) mass is 421 g/mol. The van der Waals surface area contributed by atoms with Crippen LogP contribution in [0.5, 0.6) is 0 Å². The Labute approximate surface area is 181 Å². The largest absolute Gasteiger partial charge is 0.388 e. The lowest BCUT2D eigenvalue weighted by molar-refractivity contribution is 0.0933. The number of piperidine rings is 1. The molecule has 1 unspecified atom stereocenters. The Hall–Kier alpha value is -3.12. The number of hydrogen-bond donors (Lipinski definition) is 2. The summed E-state index contributed by atoms with van der Waals surface area (Å²) in [6.07, 6.45) is 1.93. The summed E-state index contributed by atoms with van der Waals surface area (Å²) in [5.74, 6) is 0.745. The first-order valence-electron chi connectivity index (χ1n) is 10.1. The van der Waals surface area contributed by atoms with Gasteiger partial charge in [0, 0.05) is 48.0 Å². The summed E-state index contributed by atoms with van der Waals surface area (Å²) >= 11 is 5.91. The van der Waals surface area contributed by atoms with Crippen molar-refractivity contribution < 1.29 is 4.79 Å². The molecule has 2 aromatic carbocycles. The lowest BCUT2D eigenvalue weighted by Gasteiger charge is -2.33. The van der Waals surface area contributed by atoms with E-state index in [9.17, 15) is 4.79 Å². The molecule has 1 fully saturated rings. The summed E-state index contributed by atoms with van der Waals surface area (Å²) in [4.78, 5) is 14.7. The zero-order chi connectivity index (χ0) is 20.9.